The van der Waals surface area contributed by atoms with Crippen molar-refractivity contribution in [2.45, 2.75) is 25.3 Å². The molecule has 1 aromatic heterocycles. The van der Waals surface area contributed by atoms with Gasteiger partial charge in [-0.05, 0) is 19.4 Å². The summed E-state index contributed by atoms with van der Waals surface area (Å²) in [5.41, 5.74) is 0.678. The molecule has 2 heterocycles. The Hall–Kier alpha value is -1.36. The molecular formula is C9H12N2O3. The molecule has 1 fully saturated rings. The summed E-state index contributed by atoms with van der Waals surface area (Å²) in [5, 5.41) is 15.6. The monoisotopic (exact) mass is 196 g/mol. The summed E-state index contributed by atoms with van der Waals surface area (Å²) in [7, 11) is 0. The number of carboxylic acids is 1. The molecule has 5 heteroatoms. The van der Waals surface area contributed by atoms with Crippen molar-refractivity contribution in [3.05, 3.63) is 17.5 Å². The SMILES string of the molecule is O=C(O)Cc1cnoc1C1CCCN1. The molecule has 5 nitrogen and oxygen atoms in total. The minimum Gasteiger partial charge on any atom is -0.481 e. The first-order chi connectivity index (χ1) is 6.77. The maximum absolute atomic E-state index is 10.5. The third-order valence-corrected chi connectivity index (χ3v) is 2.39. The standard InChI is InChI=1S/C9H12N2O3/c12-8(13)4-6-5-11-14-9(6)7-2-1-3-10-7/h5,7,10H,1-4H2,(H,12,13). The van der Waals surface area contributed by atoms with Crippen LogP contribution in [0.3, 0.4) is 0 Å². The van der Waals surface area contributed by atoms with E-state index in [1.165, 1.54) is 6.20 Å². The van der Waals surface area contributed by atoms with Gasteiger partial charge in [0, 0.05) is 5.56 Å². The number of aromatic nitrogens is 1. The maximum Gasteiger partial charge on any atom is 0.308 e. The number of carbonyl (C=O) groups is 1. The fourth-order valence-corrected chi connectivity index (χ4v) is 1.76. The highest BCUT2D eigenvalue weighted by Crippen LogP contribution is 2.25. The highest BCUT2D eigenvalue weighted by atomic mass is 16.5. The lowest BCUT2D eigenvalue weighted by Gasteiger charge is -2.06. The Kier molecular flexibility index (Phi) is 2.49. The molecule has 0 radical (unpaired) electrons. The van der Waals surface area contributed by atoms with Gasteiger partial charge in [-0.15, -0.1) is 0 Å². The van der Waals surface area contributed by atoms with Crippen LogP contribution in [0.15, 0.2) is 10.7 Å². The van der Waals surface area contributed by atoms with E-state index in [4.69, 9.17) is 9.63 Å². The van der Waals surface area contributed by atoms with Crippen molar-refractivity contribution in [2.75, 3.05) is 6.54 Å². The summed E-state index contributed by atoms with van der Waals surface area (Å²) in [6.45, 7) is 0.956. The van der Waals surface area contributed by atoms with Gasteiger partial charge in [0.2, 0.25) is 0 Å². The molecule has 2 rings (SSSR count). The zero-order valence-electron chi connectivity index (χ0n) is 7.69. The van der Waals surface area contributed by atoms with Gasteiger partial charge in [-0.3, -0.25) is 4.79 Å². The van der Waals surface area contributed by atoms with Gasteiger partial charge in [0.05, 0.1) is 18.7 Å². The van der Waals surface area contributed by atoms with Crippen LogP contribution in [0.5, 0.6) is 0 Å². The molecule has 0 aliphatic carbocycles. The van der Waals surface area contributed by atoms with Crippen molar-refractivity contribution < 1.29 is 14.4 Å². The molecule has 0 saturated carbocycles. The van der Waals surface area contributed by atoms with Gasteiger partial charge in [0.1, 0.15) is 0 Å². The van der Waals surface area contributed by atoms with Crippen molar-refractivity contribution in [3.8, 4) is 0 Å². The normalized spacial score (nSPS) is 21.3. The van der Waals surface area contributed by atoms with Crippen LogP contribution in [-0.4, -0.2) is 22.8 Å². The van der Waals surface area contributed by atoms with Crippen LogP contribution in [0, 0.1) is 0 Å². The van der Waals surface area contributed by atoms with Gasteiger partial charge in [0.15, 0.2) is 5.76 Å². The molecule has 1 saturated heterocycles. The van der Waals surface area contributed by atoms with E-state index < -0.39 is 5.97 Å². The quantitative estimate of drug-likeness (QED) is 0.745. The fraction of sp³-hybridized carbons (Fsp3) is 0.556. The smallest absolute Gasteiger partial charge is 0.308 e. The minimum atomic E-state index is -0.854. The van der Waals surface area contributed by atoms with Crippen LogP contribution in [-0.2, 0) is 11.2 Å². The third kappa shape index (κ3) is 1.77. The van der Waals surface area contributed by atoms with Crippen LogP contribution < -0.4 is 5.32 Å². The summed E-state index contributed by atoms with van der Waals surface area (Å²) < 4.78 is 5.07. The van der Waals surface area contributed by atoms with Gasteiger partial charge < -0.3 is 14.9 Å². The van der Waals surface area contributed by atoms with Crippen LogP contribution in [0.4, 0.5) is 0 Å². The number of hydrogen-bond acceptors (Lipinski definition) is 4. The lowest BCUT2D eigenvalue weighted by atomic mass is 10.1. The predicted octanol–water partition coefficient (Wildman–Crippen LogP) is 0.726. The second-order valence-corrected chi connectivity index (χ2v) is 3.43. The second-order valence-electron chi connectivity index (χ2n) is 3.43. The molecule has 0 amide bonds. The van der Waals surface area contributed by atoms with E-state index in [-0.39, 0.29) is 12.5 Å². The average Bonchev–Trinajstić information content (AvgIpc) is 2.70. The van der Waals surface area contributed by atoms with Crippen LogP contribution in [0.25, 0.3) is 0 Å². The molecule has 1 unspecified atom stereocenters. The minimum absolute atomic E-state index is 0.0169. The molecule has 0 bridgehead atoms. The van der Waals surface area contributed by atoms with Crippen LogP contribution in [0.1, 0.15) is 30.2 Å². The molecule has 1 aliphatic rings. The van der Waals surface area contributed by atoms with Gasteiger partial charge >= 0.3 is 5.97 Å². The largest absolute Gasteiger partial charge is 0.481 e. The first kappa shape index (κ1) is 9.21. The van der Waals surface area contributed by atoms with Gasteiger partial charge in [-0.25, -0.2) is 0 Å². The van der Waals surface area contributed by atoms with Crippen molar-refractivity contribution in [2.24, 2.45) is 0 Å². The van der Waals surface area contributed by atoms with Crippen LogP contribution >= 0.6 is 0 Å². The Balaban J connectivity index is 2.15. The molecular weight excluding hydrogens is 184 g/mol. The topological polar surface area (TPSA) is 75.4 Å². The summed E-state index contributed by atoms with van der Waals surface area (Å²) in [5.74, 6) is -0.169. The zero-order chi connectivity index (χ0) is 9.97. The summed E-state index contributed by atoms with van der Waals surface area (Å²) in [6.07, 6.45) is 3.56. The summed E-state index contributed by atoms with van der Waals surface area (Å²) in [6, 6.07) is 0.145. The Morgan fingerprint density at radius 1 is 1.79 bits per heavy atom. The lowest BCUT2D eigenvalue weighted by Crippen LogP contribution is -2.14. The number of nitrogens with zero attached hydrogens (tertiary/aromatic N) is 1. The molecule has 1 atom stereocenters. The molecule has 1 aliphatic heterocycles. The van der Waals surface area contributed by atoms with Crippen molar-refractivity contribution in [3.63, 3.8) is 0 Å². The lowest BCUT2D eigenvalue weighted by molar-refractivity contribution is -0.136. The molecule has 0 spiro atoms. The van der Waals surface area contributed by atoms with E-state index in [2.05, 4.69) is 10.5 Å². The van der Waals surface area contributed by atoms with E-state index >= 15 is 0 Å². The Morgan fingerprint density at radius 2 is 2.64 bits per heavy atom. The van der Waals surface area contributed by atoms with E-state index in [0.29, 0.717) is 11.3 Å². The molecule has 76 valence electrons. The molecule has 14 heavy (non-hydrogen) atoms. The van der Waals surface area contributed by atoms with E-state index in [1.54, 1.807) is 0 Å². The van der Waals surface area contributed by atoms with Crippen molar-refractivity contribution in [1.29, 1.82) is 0 Å². The Morgan fingerprint density at radius 3 is 3.29 bits per heavy atom. The number of aliphatic carboxylic acids is 1. The van der Waals surface area contributed by atoms with Crippen LogP contribution in [0.2, 0.25) is 0 Å². The van der Waals surface area contributed by atoms with E-state index in [9.17, 15) is 4.79 Å². The van der Waals surface area contributed by atoms with E-state index in [0.717, 1.165) is 19.4 Å². The van der Waals surface area contributed by atoms with E-state index in [1.807, 2.05) is 0 Å². The number of nitrogens with one attached hydrogen (secondary N) is 1. The highest BCUT2D eigenvalue weighted by Gasteiger charge is 2.24. The zero-order valence-corrected chi connectivity index (χ0v) is 7.69. The Bertz CT molecular complexity index is 329. The van der Waals surface area contributed by atoms with Gasteiger partial charge in [-0.1, -0.05) is 5.16 Å². The van der Waals surface area contributed by atoms with Gasteiger partial charge in [0.25, 0.3) is 0 Å². The first-order valence-electron chi connectivity index (χ1n) is 4.66. The number of hydrogen-bond donors (Lipinski definition) is 2. The predicted molar refractivity (Wildman–Crippen MR) is 47.8 cm³/mol. The molecule has 0 aromatic carbocycles. The fourth-order valence-electron chi connectivity index (χ4n) is 1.76. The molecule has 2 N–H and O–H groups in total. The third-order valence-electron chi connectivity index (χ3n) is 2.39. The second kappa shape index (κ2) is 3.79. The number of rotatable bonds is 3. The van der Waals surface area contributed by atoms with Crippen molar-refractivity contribution >= 4 is 5.97 Å². The maximum atomic E-state index is 10.5. The summed E-state index contributed by atoms with van der Waals surface area (Å²) >= 11 is 0. The van der Waals surface area contributed by atoms with Crippen molar-refractivity contribution in [1.82, 2.24) is 10.5 Å². The first-order valence-corrected chi connectivity index (χ1v) is 4.66. The highest BCUT2D eigenvalue weighted by molar-refractivity contribution is 5.70. The van der Waals surface area contributed by atoms with Gasteiger partial charge in [-0.2, -0.15) is 0 Å². The average molecular weight is 196 g/mol. The molecule has 1 aromatic rings. The Labute approximate surface area is 81.1 Å². The summed E-state index contributed by atoms with van der Waals surface area (Å²) in [4.78, 5) is 10.5. The number of carboxylic acid groups (broad SMARTS) is 1.